The molecule has 4 aromatic rings. The number of aromatic nitrogens is 1. The Morgan fingerprint density at radius 1 is 1.12 bits per heavy atom. The lowest BCUT2D eigenvalue weighted by Crippen LogP contribution is -2.41. The van der Waals surface area contributed by atoms with E-state index >= 15 is 0 Å². The van der Waals surface area contributed by atoms with Crippen molar-refractivity contribution >= 4 is 35.0 Å². The second-order valence-electron chi connectivity index (χ2n) is 9.25. The van der Waals surface area contributed by atoms with Gasteiger partial charge in [-0.05, 0) is 54.5 Å². The molecule has 0 bridgehead atoms. The molecule has 3 aromatic carbocycles. The Morgan fingerprint density at radius 2 is 1.81 bits per heavy atom. The Morgan fingerprint density at radius 3 is 2.47 bits per heavy atom. The zero-order valence-electron chi connectivity index (χ0n) is 22.4. The van der Waals surface area contributed by atoms with Gasteiger partial charge in [0.15, 0.2) is 10.5 Å². The molecule has 0 aliphatic carbocycles. The highest BCUT2D eigenvalue weighted by Crippen LogP contribution is 2.38. The maximum atomic E-state index is 14.3. The van der Waals surface area contributed by atoms with Crippen LogP contribution in [0.5, 0.6) is 5.75 Å². The highest BCUT2D eigenvalue weighted by atomic mass is 35.5. The molecule has 218 valence electrons. The first-order valence-electron chi connectivity index (χ1n) is 12.9. The Bertz CT molecular complexity index is 1940. The van der Waals surface area contributed by atoms with Crippen LogP contribution in [-0.4, -0.2) is 23.3 Å². The molecule has 12 heteroatoms. The number of esters is 1. The lowest BCUT2D eigenvalue weighted by Gasteiger charge is -2.26. The van der Waals surface area contributed by atoms with Crippen LogP contribution in [0.3, 0.4) is 0 Å². The number of carbonyl (C=O) groups is 1. The van der Waals surface area contributed by atoms with Gasteiger partial charge in [0.05, 0.1) is 34.4 Å². The van der Waals surface area contributed by atoms with Crippen molar-refractivity contribution in [3.8, 4) is 11.8 Å². The second-order valence-corrected chi connectivity index (χ2v) is 10.7. The van der Waals surface area contributed by atoms with Gasteiger partial charge < -0.3 is 9.47 Å². The second kappa shape index (κ2) is 12.3. The Kier molecular flexibility index (Phi) is 8.52. The number of rotatable bonds is 7. The highest BCUT2D eigenvalue weighted by Gasteiger charge is 2.45. The van der Waals surface area contributed by atoms with E-state index < -0.39 is 35.0 Å². The van der Waals surface area contributed by atoms with Crippen molar-refractivity contribution in [2.45, 2.75) is 25.7 Å². The first-order chi connectivity index (χ1) is 20.6. The molecular formula is C31H21ClF3N3O4S. The predicted molar refractivity (Wildman–Crippen MR) is 154 cm³/mol. The molecule has 1 aromatic heterocycles. The molecule has 0 spiro atoms. The Hall–Kier alpha value is -4.66. The van der Waals surface area contributed by atoms with Crippen LogP contribution in [-0.2, 0) is 16.1 Å². The minimum atomic E-state index is -5.01. The number of benzene rings is 3. The van der Waals surface area contributed by atoms with Crippen molar-refractivity contribution in [1.29, 1.82) is 5.26 Å². The number of alkyl halides is 3. The zero-order valence-corrected chi connectivity index (χ0v) is 24.0. The topological polar surface area (TPSA) is 93.7 Å². The van der Waals surface area contributed by atoms with Crippen molar-refractivity contribution in [3.63, 3.8) is 0 Å². The monoisotopic (exact) mass is 623 g/mol. The Labute approximate surface area is 252 Å². The van der Waals surface area contributed by atoms with Crippen molar-refractivity contribution < 1.29 is 27.4 Å². The van der Waals surface area contributed by atoms with E-state index in [4.69, 9.17) is 26.3 Å². The van der Waals surface area contributed by atoms with Crippen LogP contribution in [0, 0.1) is 11.3 Å². The standard InChI is InChI=1S/C31H21ClF3N3O4S/c1-2-41-29(40)25-26(20-11-13-22(32)14-12-20)38-28(39)24(43-30(38)37-27(25)31(33,34)35)15-21-5-3-4-6-23(21)42-17-19-9-7-18(16-36)8-10-19/h3-15,26H,2,17H2,1H3/b24-15-/t26-/m0/s1. The van der Waals surface area contributed by atoms with E-state index in [2.05, 4.69) is 11.1 Å². The summed E-state index contributed by atoms with van der Waals surface area (Å²) in [6, 6.07) is 20.2. The predicted octanol–water partition coefficient (Wildman–Crippen LogP) is 5.44. The van der Waals surface area contributed by atoms with Crippen LogP contribution < -0.4 is 19.6 Å². The SMILES string of the molecule is CCOC(=O)C1=C(C(F)(F)F)N=c2s/c(=C\c3ccccc3OCc3ccc(C#N)cc3)c(=O)n2[C@H]1c1ccc(Cl)cc1. The van der Waals surface area contributed by atoms with Gasteiger partial charge in [0.2, 0.25) is 0 Å². The van der Waals surface area contributed by atoms with Gasteiger partial charge in [-0.15, -0.1) is 0 Å². The number of nitriles is 1. The lowest BCUT2D eigenvalue weighted by molar-refractivity contribution is -0.140. The number of hydrogen-bond donors (Lipinski definition) is 0. The van der Waals surface area contributed by atoms with Gasteiger partial charge in [0, 0.05) is 10.6 Å². The van der Waals surface area contributed by atoms with Crippen molar-refractivity contribution in [3.05, 3.63) is 131 Å². The summed E-state index contributed by atoms with van der Waals surface area (Å²) in [5, 5.41) is 9.33. The molecule has 7 nitrogen and oxygen atoms in total. The van der Waals surface area contributed by atoms with E-state index in [1.165, 1.54) is 37.3 Å². The molecule has 2 heterocycles. The van der Waals surface area contributed by atoms with Crippen LogP contribution in [0.4, 0.5) is 13.2 Å². The summed E-state index contributed by atoms with van der Waals surface area (Å²) in [6.45, 7) is 1.47. The molecule has 1 aliphatic heterocycles. The summed E-state index contributed by atoms with van der Waals surface area (Å²) in [4.78, 5) is 30.3. The number of carbonyl (C=O) groups excluding carboxylic acids is 1. The smallest absolute Gasteiger partial charge is 0.434 e. The summed E-state index contributed by atoms with van der Waals surface area (Å²) in [6.07, 6.45) is -3.49. The number of ether oxygens (including phenoxy) is 2. The third-order valence-electron chi connectivity index (χ3n) is 6.46. The third kappa shape index (κ3) is 6.26. The number of allylic oxidation sites excluding steroid dienone is 1. The van der Waals surface area contributed by atoms with Crippen LogP contribution in [0.15, 0.2) is 93.9 Å². The van der Waals surface area contributed by atoms with E-state index in [0.29, 0.717) is 21.9 Å². The summed E-state index contributed by atoms with van der Waals surface area (Å²) >= 11 is 6.78. The van der Waals surface area contributed by atoms with Crippen molar-refractivity contribution in [2.75, 3.05) is 6.61 Å². The van der Waals surface area contributed by atoms with Crippen molar-refractivity contribution in [1.82, 2.24) is 4.57 Å². The molecule has 0 saturated carbocycles. The number of halogens is 4. The van der Waals surface area contributed by atoms with Gasteiger partial charge in [-0.2, -0.15) is 18.4 Å². The first kappa shape index (κ1) is 29.8. The molecule has 1 atom stereocenters. The largest absolute Gasteiger partial charge is 0.488 e. The van der Waals surface area contributed by atoms with Crippen LogP contribution in [0.25, 0.3) is 6.08 Å². The van der Waals surface area contributed by atoms with Crippen LogP contribution >= 0.6 is 22.9 Å². The van der Waals surface area contributed by atoms with Gasteiger partial charge in [-0.3, -0.25) is 9.36 Å². The summed E-state index contributed by atoms with van der Waals surface area (Å²) < 4.78 is 55.1. The van der Waals surface area contributed by atoms with Gasteiger partial charge >= 0.3 is 12.1 Å². The quantitative estimate of drug-likeness (QED) is 0.256. The molecule has 0 saturated heterocycles. The van der Waals surface area contributed by atoms with Crippen molar-refractivity contribution in [2.24, 2.45) is 4.99 Å². The molecule has 0 fully saturated rings. The summed E-state index contributed by atoms with van der Waals surface area (Å²) in [7, 11) is 0. The minimum Gasteiger partial charge on any atom is -0.488 e. The molecule has 0 radical (unpaired) electrons. The first-order valence-corrected chi connectivity index (χ1v) is 14.1. The highest BCUT2D eigenvalue weighted by molar-refractivity contribution is 7.07. The fourth-order valence-corrected chi connectivity index (χ4v) is 5.63. The average Bonchev–Trinajstić information content (AvgIpc) is 3.30. The maximum absolute atomic E-state index is 14.3. The van der Waals surface area contributed by atoms with Gasteiger partial charge in [0.1, 0.15) is 12.4 Å². The average molecular weight is 624 g/mol. The molecular weight excluding hydrogens is 603 g/mol. The maximum Gasteiger partial charge on any atom is 0.434 e. The summed E-state index contributed by atoms with van der Waals surface area (Å²) in [5.41, 5.74) is -0.813. The number of nitrogens with zero attached hydrogens (tertiary/aromatic N) is 3. The number of hydrogen-bond acceptors (Lipinski definition) is 7. The Balaban J connectivity index is 1.64. The van der Waals surface area contributed by atoms with E-state index in [0.717, 1.165) is 21.5 Å². The normalized spacial score (nSPS) is 15.0. The van der Waals surface area contributed by atoms with E-state index in [1.807, 2.05) is 0 Å². The molecule has 1 aliphatic rings. The van der Waals surface area contributed by atoms with E-state index in [9.17, 15) is 22.8 Å². The number of fused-ring (bicyclic) bond motifs is 1. The third-order valence-corrected chi connectivity index (χ3v) is 7.70. The van der Waals surface area contributed by atoms with Crippen LogP contribution in [0.2, 0.25) is 5.02 Å². The van der Waals surface area contributed by atoms with Gasteiger partial charge in [-0.25, -0.2) is 9.79 Å². The molecule has 5 rings (SSSR count). The lowest BCUT2D eigenvalue weighted by atomic mass is 9.95. The van der Waals surface area contributed by atoms with Gasteiger partial charge in [0.25, 0.3) is 5.56 Å². The molecule has 0 amide bonds. The van der Waals surface area contributed by atoms with Crippen LogP contribution in [0.1, 0.15) is 35.2 Å². The number of para-hydroxylation sites is 1. The summed E-state index contributed by atoms with van der Waals surface area (Å²) in [5.74, 6) is -0.801. The van der Waals surface area contributed by atoms with E-state index in [1.54, 1.807) is 48.5 Å². The molecule has 0 N–H and O–H groups in total. The zero-order chi connectivity index (χ0) is 30.7. The number of thiazole rings is 1. The minimum absolute atomic E-state index is 0.0822. The fraction of sp³-hybridized carbons (Fsp3) is 0.161. The van der Waals surface area contributed by atoms with E-state index in [-0.39, 0.29) is 28.1 Å². The molecule has 43 heavy (non-hydrogen) atoms. The molecule has 0 unspecified atom stereocenters. The van der Waals surface area contributed by atoms with Gasteiger partial charge in [-0.1, -0.05) is 65.4 Å². The fourth-order valence-electron chi connectivity index (χ4n) is 4.51.